The highest BCUT2D eigenvalue weighted by molar-refractivity contribution is 5.33. The zero-order valence-electron chi connectivity index (χ0n) is 11.4. The topological polar surface area (TPSA) is 29.9 Å². The van der Waals surface area contributed by atoms with Crippen LogP contribution in [0.15, 0.2) is 42.7 Å². The smallest absolute Gasteiger partial charge is 0.203 e. The van der Waals surface area contributed by atoms with Crippen LogP contribution in [0.1, 0.15) is 43.7 Å². The molecule has 100 valence electrons. The van der Waals surface area contributed by atoms with E-state index in [0.29, 0.717) is 12.0 Å². The molecule has 1 saturated carbocycles. The van der Waals surface area contributed by atoms with Crippen molar-refractivity contribution in [2.45, 2.75) is 38.1 Å². The summed E-state index contributed by atoms with van der Waals surface area (Å²) in [7, 11) is 0. The summed E-state index contributed by atoms with van der Waals surface area (Å²) >= 11 is 0. The van der Waals surface area contributed by atoms with Crippen molar-refractivity contribution >= 4 is 5.95 Å². The number of nitrogens with one attached hydrogen (secondary N) is 1. The van der Waals surface area contributed by atoms with Crippen LogP contribution >= 0.6 is 0 Å². The maximum absolute atomic E-state index is 4.43. The van der Waals surface area contributed by atoms with Crippen LogP contribution in [0.3, 0.4) is 0 Å². The highest BCUT2D eigenvalue weighted by Gasteiger charge is 2.40. The van der Waals surface area contributed by atoms with Gasteiger partial charge < -0.3 is 9.88 Å². The number of rotatable bonds is 6. The summed E-state index contributed by atoms with van der Waals surface area (Å²) in [6.45, 7) is 3.22. The third-order valence-corrected chi connectivity index (χ3v) is 3.82. The number of aromatic nitrogens is 2. The van der Waals surface area contributed by atoms with Crippen LogP contribution < -0.4 is 5.32 Å². The average Bonchev–Trinajstić information content (AvgIpc) is 3.12. The van der Waals surface area contributed by atoms with Gasteiger partial charge in [0.15, 0.2) is 0 Å². The van der Waals surface area contributed by atoms with E-state index >= 15 is 0 Å². The van der Waals surface area contributed by atoms with Crippen LogP contribution in [0.25, 0.3) is 0 Å². The molecule has 1 aromatic heterocycles. The van der Waals surface area contributed by atoms with Crippen LogP contribution in [0.2, 0.25) is 0 Å². The first kappa shape index (κ1) is 12.3. The molecule has 0 aliphatic heterocycles. The quantitative estimate of drug-likeness (QED) is 0.795. The van der Waals surface area contributed by atoms with Gasteiger partial charge in [-0.1, -0.05) is 43.7 Å². The van der Waals surface area contributed by atoms with E-state index < -0.39 is 0 Å². The van der Waals surface area contributed by atoms with Crippen molar-refractivity contribution in [1.29, 1.82) is 0 Å². The third-order valence-electron chi connectivity index (χ3n) is 3.82. The monoisotopic (exact) mass is 255 g/mol. The second kappa shape index (κ2) is 5.47. The van der Waals surface area contributed by atoms with Crippen LogP contribution in [-0.2, 0) is 0 Å². The lowest BCUT2D eigenvalue weighted by Crippen LogP contribution is -2.08. The molecule has 3 rings (SSSR count). The predicted octanol–water partition coefficient (Wildman–Crippen LogP) is 3.82. The van der Waals surface area contributed by atoms with Gasteiger partial charge in [-0.05, 0) is 18.4 Å². The Balaban J connectivity index is 1.67. The summed E-state index contributed by atoms with van der Waals surface area (Å²) in [5.74, 6) is 1.68. The largest absolute Gasteiger partial charge is 0.356 e. The predicted molar refractivity (Wildman–Crippen MR) is 78.5 cm³/mol. The fourth-order valence-corrected chi connectivity index (χ4v) is 2.64. The number of hydrogen-bond donors (Lipinski definition) is 1. The summed E-state index contributed by atoms with van der Waals surface area (Å²) in [6, 6.07) is 11.4. The molecule has 0 radical (unpaired) electrons. The van der Waals surface area contributed by atoms with Gasteiger partial charge in [0, 0.05) is 30.9 Å². The van der Waals surface area contributed by atoms with Gasteiger partial charge in [-0.2, -0.15) is 0 Å². The van der Waals surface area contributed by atoms with Crippen molar-refractivity contribution in [1.82, 2.24) is 9.55 Å². The van der Waals surface area contributed by atoms with Crippen molar-refractivity contribution in [2.24, 2.45) is 0 Å². The van der Waals surface area contributed by atoms with E-state index in [1.54, 1.807) is 0 Å². The molecule has 2 atom stereocenters. The second-order valence-corrected chi connectivity index (χ2v) is 5.26. The molecule has 1 aliphatic rings. The molecular formula is C16H21N3. The van der Waals surface area contributed by atoms with Gasteiger partial charge in [0.25, 0.3) is 0 Å². The first-order chi connectivity index (χ1) is 9.40. The molecule has 0 bridgehead atoms. The van der Waals surface area contributed by atoms with Crippen molar-refractivity contribution in [2.75, 3.05) is 11.9 Å². The molecule has 1 heterocycles. The summed E-state index contributed by atoms with van der Waals surface area (Å²) in [5, 5.41) is 3.44. The third kappa shape index (κ3) is 2.65. The minimum atomic E-state index is 0.578. The summed E-state index contributed by atoms with van der Waals surface area (Å²) < 4.78 is 2.30. The number of benzene rings is 1. The van der Waals surface area contributed by atoms with Crippen molar-refractivity contribution in [3.8, 4) is 0 Å². The van der Waals surface area contributed by atoms with Crippen molar-refractivity contribution in [3.63, 3.8) is 0 Å². The number of imidazole rings is 1. The summed E-state index contributed by atoms with van der Waals surface area (Å²) in [4.78, 5) is 4.43. The molecule has 3 heteroatoms. The zero-order chi connectivity index (χ0) is 13.1. The lowest BCUT2D eigenvalue weighted by Gasteiger charge is -2.09. The van der Waals surface area contributed by atoms with E-state index in [4.69, 9.17) is 0 Å². The highest BCUT2D eigenvalue weighted by Crippen LogP contribution is 2.52. The zero-order valence-corrected chi connectivity index (χ0v) is 11.4. The van der Waals surface area contributed by atoms with Gasteiger partial charge in [0.1, 0.15) is 0 Å². The Morgan fingerprint density at radius 3 is 2.95 bits per heavy atom. The summed E-state index contributed by atoms with van der Waals surface area (Å²) in [6.07, 6.45) is 7.63. The van der Waals surface area contributed by atoms with E-state index in [1.165, 1.54) is 24.8 Å². The van der Waals surface area contributed by atoms with Gasteiger partial charge in [-0.25, -0.2) is 4.98 Å². The van der Waals surface area contributed by atoms with E-state index in [1.807, 2.05) is 6.20 Å². The van der Waals surface area contributed by atoms with E-state index in [2.05, 4.69) is 58.3 Å². The Hall–Kier alpha value is -1.77. The standard InChI is InChI=1S/C16H21N3/c1-2-3-9-17-16-18-10-11-19(16)15-12-14(15)13-7-5-4-6-8-13/h4-8,10-11,14-15H,2-3,9,12H2,1H3,(H,17,18). The maximum Gasteiger partial charge on any atom is 0.203 e. The molecule has 0 amide bonds. The Bertz CT molecular complexity index is 518. The van der Waals surface area contributed by atoms with Gasteiger partial charge in [-0.15, -0.1) is 0 Å². The highest BCUT2D eigenvalue weighted by atomic mass is 15.2. The molecule has 0 saturated heterocycles. The molecule has 2 unspecified atom stereocenters. The van der Waals surface area contributed by atoms with Crippen LogP contribution in [0.4, 0.5) is 5.95 Å². The Labute approximate surface area is 114 Å². The van der Waals surface area contributed by atoms with Gasteiger partial charge in [0.2, 0.25) is 5.95 Å². The number of anilines is 1. The molecule has 19 heavy (non-hydrogen) atoms. The van der Waals surface area contributed by atoms with E-state index in [0.717, 1.165) is 12.5 Å². The molecular weight excluding hydrogens is 234 g/mol. The lowest BCUT2D eigenvalue weighted by atomic mass is 10.1. The molecule has 0 spiro atoms. The number of unbranched alkanes of at least 4 members (excludes halogenated alkanes) is 1. The van der Waals surface area contributed by atoms with Crippen LogP contribution in [0, 0.1) is 0 Å². The Morgan fingerprint density at radius 1 is 1.32 bits per heavy atom. The SMILES string of the molecule is CCCCNc1nccn1C1CC1c1ccccc1. The lowest BCUT2D eigenvalue weighted by molar-refractivity contribution is 0.713. The van der Waals surface area contributed by atoms with Crippen LogP contribution in [0.5, 0.6) is 0 Å². The molecule has 1 aliphatic carbocycles. The minimum Gasteiger partial charge on any atom is -0.356 e. The Kier molecular flexibility index (Phi) is 3.53. The summed E-state index contributed by atoms with van der Waals surface area (Å²) in [5.41, 5.74) is 1.45. The number of nitrogens with zero attached hydrogens (tertiary/aromatic N) is 2. The molecule has 2 aromatic rings. The van der Waals surface area contributed by atoms with E-state index in [-0.39, 0.29) is 0 Å². The van der Waals surface area contributed by atoms with Crippen LogP contribution in [-0.4, -0.2) is 16.1 Å². The minimum absolute atomic E-state index is 0.578. The Morgan fingerprint density at radius 2 is 2.16 bits per heavy atom. The maximum atomic E-state index is 4.43. The van der Waals surface area contributed by atoms with Gasteiger partial charge in [0.05, 0.1) is 0 Å². The average molecular weight is 255 g/mol. The van der Waals surface area contributed by atoms with Crippen molar-refractivity contribution < 1.29 is 0 Å². The first-order valence-corrected chi connectivity index (χ1v) is 7.21. The normalized spacial score (nSPS) is 21.3. The van der Waals surface area contributed by atoms with E-state index in [9.17, 15) is 0 Å². The number of hydrogen-bond acceptors (Lipinski definition) is 2. The van der Waals surface area contributed by atoms with Gasteiger partial charge >= 0.3 is 0 Å². The van der Waals surface area contributed by atoms with Gasteiger partial charge in [-0.3, -0.25) is 0 Å². The molecule has 1 N–H and O–H groups in total. The molecule has 1 fully saturated rings. The second-order valence-electron chi connectivity index (χ2n) is 5.26. The fraction of sp³-hybridized carbons (Fsp3) is 0.438. The molecule has 3 nitrogen and oxygen atoms in total. The first-order valence-electron chi connectivity index (χ1n) is 7.21. The van der Waals surface area contributed by atoms with Crippen molar-refractivity contribution in [3.05, 3.63) is 48.3 Å². The molecule has 1 aromatic carbocycles. The fourth-order valence-electron chi connectivity index (χ4n) is 2.64.